The Hall–Kier alpha value is -1.10. The molecule has 5 nitrogen and oxygen atoms in total. The minimum Gasteiger partial charge on any atom is -0.341 e. The second-order valence-corrected chi connectivity index (χ2v) is 7.04. The molecule has 2 fully saturated rings. The maximum atomic E-state index is 12.9. The maximum Gasteiger partial charge on any atom is 0.245 e. The first kappa shape index (κ1) is 17.3. The molecule has 0 aromatic heterocycles. The lowest BCUT2D eigenvalue weighted by Crippen LogP contribution is -2.53. The van der Waals surface area contributed by atoms with Crippen LogP contribution in [0.2, 0.25) is 0 Å². The van der Waals surface area contributed by atoms with Gasteiger partial charge in [-0.3, -0.25) is 9.59 Å². The Bertz CT molecular complexity index is 389. The molecule has 0 aromatic carbocycles. The van der Waals surface area contributed by atoms with Crippen molar-refractivity contribution in [1.82, 2.24) is 15.1 Å². The summed E-state index contributed by atoms with van der Waals surface area (Å²) in [5.74, 6) is 1.22. The van der Waals surface area contributed by atoms with Crippen LogP contribution in [0.3, 0.4) is 0 Å². The van der Waals surface area contributed by atoms with Gasteiger partial charge in [0.15, 0.2) is 0 Å². The van der Waals surface area contributed by atoms with Crippen LogP contribution in [-0.4, -0.2) is 60.9 Å². The number of piperidine rings is 1. The number of likely N-dealkylation sites (tertiary alicyclic amines) is 2. The zero-order chi connectivity index (χ0) is 16.1. The number of rotatable bonds is 6. The van der Waals surface area contributed by atoms with Crippen molar-refractivity contribution in [2.75, 3.05) is 33.2 Å². The van der Waals surface area contributed by atoms with Gasteiger partial charge in [-0.2, -0.15) is 0 Å². The monoisotopic (exact) mass is 309 g/mol. The molecule has 1 N–H and O–H groups in total. The van der Waals surface area contributed by atoms with Gasteiger partial charge in [0, 0.05) is 26.1 Å². The Kier molecular flexibility index (Phi) is 6.24. The molecule has 2 saturated heterocycles. The molecule has 0 aromatic rings. The molecular weight excluding hydrogens is 278 g/mol. The van der Waals surface area contributed by atoms with E-state index in [0.29, 0.717) is 6.42 Å². The summed E-state index contributed by atoms with van der Waals surface area (Å²) >= 11 is 0. The lowest BCUT2D eigenvalue weighted by atomic mass is 9.92. The molecule has 2 amide bonds. The summed E-state index contributed by atoms with van der Waals surface area (Å²) in [4.78, 5) is 28.8. The van der Waals surface area contributed by atoms with Crippen LogP contribution in [0, 0.1) is 11.8 Å². The Morgan fingerprint density at radius 1 is 1.27 bits per heavy atom. The number of nitrogens with one attached hydrogen (secondary N) is 1. The average molecular weight is 309 g/mol. The molecule has 5 heteroatoms. The fourth-order valence-electron chi connectivity index (χ4n) is 3.72. The molecule has 0 spiro atoms. The minimum atomic E-state index is -0.260. The van der Waals surface area contributed by atoms with Crippen LogP contribution in [0.5, 0.6) is 0 Å². The number of hydrogen-bond donors (Lipinski definition) is 1. The second kappa shape index (κ2) is 7.95. The average Bonchev–Trinajstić information content (AvgIpc) is 2.91. The van der Waals surface area contributed by atoms with E-state index in [-0.39, 0.29) is 23.8 Å². The van der Waals surface area contributed by atoms with Gasteiger partial charge < -0.3 is 15.1 Å². The van der Waals surface area contributed by atoms with E-state index in [1.165, 1.54) is 6.42 Å². The summed E-state index contributed by atoms with van der Waals surface area (Å²) in [5.41, 5.74) is 0. The summed E-state index contributed by atoms with van der Waals surface area (Å²) in [5, 5.41) is 3.20. The summed E-state index contributed by atoms with van der Waals surface area (Å²) < 4.78 is 0. The highest BCUT2D eigenvalue weighted by molar-refractivity contribution is 5.88. The van der Waals surface area contributed by atoms with Crippen molar-refractivity contribution in [3.8, 4) is 0 Å². The molecular formula is C17H31N3O2. The van der Waals surface area contributed by atoms with Crippen molar-refractivity contribution < 1.29 is 9.59 Å². The van der Waals surface area contributed by atoms with E-state index in [4.69, 9.17) is 0 Å². The number of nitrogens with zero attached hydrogens (tertiary/aromatic N) is 2. The quantitative estimate of drug-likeness (QED) is 0.808. The third kappa shape index (κ3) is 4.00. The maximum absolute atomic E-state index is 12.9. The molecule has 0 aliphatic carbocycles. The first-order valence-electron chi connectivity index (χ1n) is 8.77. The largest absolute Gasteiger partial charge is 0.341 e. The zero-order valence-electron chi connectivity index (χ0n) is 14.3. The van der Waals surface area contributed by atoms with Gasteiger partial charge in [0.2, 0.25) is 11.8 Å². The number of carbonyl (C=O) groups excluding carboxylic acids is 2. The molecule has 2 rings (SSSR count). The van der Waals surface area contributed by atoms with Crippen molar-refractivity contribution in [2.45, 2.75) is 52.0 Å². The van der Waals surface area contributed by atoms with Crippen LogP contribution in [0.15, 0.2) is 0 Å². The first-order chi connectivity index (χ1) is 10.5. The zero-order valence-corrected chi connectivity index (χ0v) is 14.3. The van der Waals surface area contributed by atoms with Crippen LogP contribution < -0.4 is 5.32 Å². The molecule has 1 unspecified atom stereocenters. The van der Waals surface area contributed by atoms with Gasteiger partial charge in [-0.1, -0.05) is 13.8 Å². The van der Waals surface area contributed by atoms with Crippen molar-refractivity contribution in [3.05, 3.63) is 0 Å². The highest BCUT2D eigenvalue weighted by Crippen LogP contribution is 2.25. The Labute approximate surface area is 134 Å². The topological polar surface area (TPSA) is 52.7 Å². The van der Waals surface area contributed by atoms with Crippen molar-refractivity contribution in [3.63, 3.8) is 0 Å². The second-order valence-electron chi connectivity index (χ2n) is 7.04. The van der Waals surface area contributed by atoms with Gasteiger partial charge in [-0.25, -0.2) is 0 Å². The van der Waals surface area contributed by atoms with Crippen molar-refractivity contribution >= 4 is 11.8 Å². The molecule has 2 heterocycles. The first-order valence-corrected chi connectivity index (χ1v) is 8.77. The van der Waals surface area contributed by atoms with Gasteiger partial charge >= 0.3 is 0 Å². The predicted molar refractivity (Wildman–Crippen MR) is 87.4 cm³/mol. The summed E-state index contributed by atoms with van der Waals surface area (Å²) in [7, 11) is 1.99. The highest BCUT2D eigenvalue weighted by atomic mass is 16.2. The SMILES string of the molecule is CNCCC1CCN(C(=O)C(C(C)C)N2CCCC2=O)CC1. The summed E-state index contributed by atoms with van der Waals surface area (Å²) in [6.07, 6.45) is 4.86. The molecule has 1 atom stereocenters. The predicted octanol–water partition coefficient (Wildman–Crippen LogP) is 1.48. The van der Waals surface area contributed by atoms with Gasteiger partial charge in [-0.05, 0) is 51.1 Å². The van der Waals surface area contributed by atoms with Crippen LogP contribution in [-0.2, 0) is 9.59 Å². The van der Waals surface area contributed by atoms with E-state index in [1.807, 2.05) is 30.7 Å². The van der Waals surface area contributed by atoms with Crippen LogP contribution in [0.1, 0.15) is 46.0 Å². The number of carbonyl (C=O) groups is 2. The number of hydrogen-bond acceptors (Lipinski definition) is 3. The van der Waals surface area contributed by atoms with Crippen LogP contribution in [0.4, 0.5) is 0 Å². The Morgan fingerprint density at radius 2 is 1.95 bits per heavy atom. The minimum absolute atomic E-state index is 0.149. The molecule has 0 saturated carbocycles. The number of amides is 2. The van der Waals surface area contributed by atoms with E-state index >= 15 is 0 Å². The molecule has 0 bridgehead atoms. The standard InChI is InChI=1S/C17H31N3O2/c1-13(2)16(20-10-4-5-15(20)21)17(22)19-11-7-14(8-12-19)6-9-18-3/h13-14,16,18H,4-12H2,1-3H3. The fourth-order valence-corrected chi connectivity index (χ4v) is 3.72. The van der Waals surface area contributed by atoms with E-state index in [1.54, 1.807) is 0 Å². The van der Waals surface area contributed by atoms with Gasteiger partial charge in [0.1, 0.15) is 6.04 Å². The van der Waals surface area contributed by atoms with Crippen molar-refractivity contribution in [2.24, 2.45) is 11.8 Å². The third-order valence-corrected chi connectivity index (χ3v) is 5.06. The molecule has 126 valence electrons. The summed E-state index contributed by atoms with van der Waals surface area (Å²) in [6.45, 7) is 7.58. The molecule has 2 aliphatic heterocycles. The van der Waals surface area contributed by atoms with E-state index in [0.717, 1.165) is 51.4 Å². The summed E-state index contributed by atoms with van der Waals surface area (Å²) in [6, 6.07) is -0.260. The Balaban J connectivity index is 1.93. The normalized spacial score (nSPS) is 21.7. The highest BCUT2D eigenvalue weighted by Gasteiger charge is 2.37. The smallest absolute Gasteiger partial charge is 0.245 e. The van der Waals surface area contributed by atoms with Gasteiger partial charge in [0.05, 0.1) is 0 Å². The van der Waals surface area contributed by atoms with E-state index in [2.05, 4.69) is 5.32 Å². The molecule has 0 radical (unpaired) electrons. The Morgan fingerprint density at radius 3 is 2.45 bits per heavy atom. The van der Waals surface area contributed by atoms with E-state index in [9.17, 15) is 9.59 Å². The van der Waals surface area contributed by atoms with Gasteiger partial charge in [-0.15, -0.1) is 0 Å². The third-order valence-electron chi connectivity index (χ3n) is 5.06. The molecule has 2 aliphatic rings. The van der Waals surface area contributed by atoms with Gasteiger partial charge in [0.25, 0.3) is 0 Å². The van der Waals surface area contributed by atoms with Crippen LogP contribution >= 0.6 is 0 Å². The fraction of sp³-hybridized carbons (Fsp3) is 0.882. The molecule has 22 heavy (non-hydrogen) atoms. The van der Waals surface area contributed by atoms with Crippen molar-refractivity contribution in [1.29, 1.82) is 0 Å². The lowest BCUT2D eigenvalue weighted by molar-refractivity contribution is -0.146. The van der Waals surface area contributed by atoms with Crippen LogP contribution in [0.25, 0.3) is 0 Å². The lowest BCUT2D eigenvalue weighted by Gasteiger charge is -2.38. The van der Waals surface area contributed by atoms with E-state index < -0.39 is 0 Å².